The van der Waals surface area contributed by atoms with Crippen LogP contribution >= 0.6 is 0 Å². The van der Waals surface area contributed by atoms with Gasteiger partial charge in [-0.1, -0.05) is 20.8 Å². The van der Waals surface area contributed by atoms with Gasteiger partial charge < -0.3 is 20.2 Å². The van der Waals surface area contributed by atoms with Gasteiger partial charge in [0.2, 0.25) is 0 Å². The van der Waals surface area contributed by atoms with Crippen LogP contribution in [0.15, 0.2) is 0 Å². The Bertz CT molecular complexity index is 305. The van der Waals surface area contributed by atoms with Gasteiger partial charge in [-0.2, -0.15) is 0 Å². The van der Waals surface area contributed by atoms with E-state index in [0.717, 1.165) is 0 Å². The molecule has 1 fully saturated rings. The maximum absolute atomic E-state index is 11.4. The van der Waals surface area contributed by atoms with E-state index in [4.69, 9.17) is 0 Å². The highest BCUT2D eigenvalue weighted by molar-refractivity contribution is 5.65. The predicted octanol–water partition coefficient (Wildman–Crippen LogP) is 1.93. The molecule has 1 unspecified atom stereocenters. The number of hydrogen-bond acceptors (Lipinski definition) is 3. The molecule has 1 amide bonds. The van der Waals surface area contributed by atoms with Gasteiger partial charge in [0.1, 0.15) is 0 Å². The number of likely N-dealkylation sites (tertiary alicyclic amines) is 1. The van der Waals surface area contributed by atoms with Crippen LogP contribution in [0.3, 0.4) is 0 Å². The summed E-state index contributed by atoms with van der Waals surface area (Å²) in [5.41, 5.74) is -0.275. The molecular weight excluding hydrogens is 246 g/mol. The number of hydrogen-bond donors (Lipinski definition) is 3. The molecule has 1 aliphatic heterocycles. The first-order valence-electron chi connectivity index (χ1n) is 6.97. The highest BCUT2D eigenvalue weighted by atomic mass is 16.4. The van der Waals surface area contributed by atoms with Crippen molar-refractivity contribution < 1.29 is 20.1 Å². The zero-order chi connectivity index (χ0) is 14.7. The van der Waals surface area contributed by atoms with E-state index in [-0.39, 0.29) is 30.1 Å². The first kappa shape index (κ1) is 16.2. The summed E-state index contributed by atoms with van der Waals surface area (Å²) in [4.78, 5) is 12.9. The Morgan fingerprint density at radius 2 is 1.79 bits per heavy atom. The van der Waals surface area contributed by atoms with E-state index < -0.39 is 6.09 Å². The normalized spacial score (nSPS) is 23.4. The number of piperidine rings is 1. The van der Waals surface area contributed by atoms with Crippen molar-refractivity contribution in [3.63, 3.8) is 0 Å². The average molecular weight is 273 g/mol. The lowest BCUT2D eigenvalue weighted by molar-refractivity contribution is -0.0163. The average Bonchev–Trinajstić information content (AvgIpc) is 2.28. The number of rotatable bonds is 4. The Morgan fingerprint density at radius 1 is 1.26 bits per heavy atom. The van der Waals surface area contributed by atoms with Gasteiger partial charge in [0.25, 0.3) is 0 Å². The Hall–Kier alpha value is -0.810. The zero-order valence-corrected chi connectivity index (χ0v) is 12.2. The van der Waals surface area contributed by atoms with E-state index in [1.807, 2.05) is 20.8 Å². The molecule has 0 saturated carbocycles. The van der Waals surface area contributed by atoms with Crippen molar-refractivity contribution in [2.75, 3.05) is 19.8 Å². The molecule has 1 aliphatic rings. The lowest BCUT2D eigenvalue weighted by atomic mass is 9.66. The molecule has 1 heterocycles. The largest absolute Gasteiger partial charge is 0.465 e. The Morgan fingerprint density at radius 3 is 2.16 bits per heavy atom. The van der Waals surface area contributed by atoms with E-state index in [1.165, 1.54) is 4.90 Å². The van der Waals surface area contributed by atoms with Crippen LogP contribution in [-0.2, 0) is 0 Å². The Kier molecular flexibility index (Phi) is 5.21. The smallest absolute Gasteiger partial charge is 0.407 e. The van der Waals surface area contributed by atoms with Gasteiger partial charge in [0.05, 0.1) is 0 Å². The molecule has 1 rings (SSSR count). The first-order chi connectivity index (χ1) is 8.75. The van der Waals surface area contributed by atoms with Gasteiger partial charge >= 0.3 is 6.09 Å². The standard InChI is InChI=1S/C14H27NO4/c1-13(2,3)11-10-14(5-8-16,6-9-17)4-7-15(11)12(18)19/h11,16-17H,4-10H2,1-3H3,(H,18,19). The number of aliphatic hydroxyl groups excluding tert-OH is 2. The molecule has 112 valence electrons. The van der Waals surface area contributed by atoms with Crippen molar-refractivity contribution in [3.05, 3.63) is 0 Å². The van der Waals surface area contributed by atoms with Crippen LogP contribution in [-0.4, -0.2) is 52.1 Å². The number of aliphatic hydroxyl groups is 2. The highest BCUT2D eigenvalue weighted by Gasteiger charge is 2.45. The van der Waals surface area contributed by atoms with E-state index in [9.17, 15) is 20.1 Å². The van der Waals surface area contributed by atoms with Crippen LogP contribution in [0.4, 0.5) is 4.79 Å². The van der Waals surface area contributed by atoms with Crippen LogP contribution < -0.4 is 0 Å². The minimum atomic E-state index is -0.874. The van der Waals surface area contributed by atoms with Crippen molar-refractivity contribution in [1.82, 2.24) is 4.90 Å². The first-order valence-corrected chi connectivity index (χ1v) is 6.97. The molecule has 0 aromatic rings. The molecule has 0 spiro atoms. The molecule has 1 saturated heterocycles. The summed E-state index contributed by atoms with van der Waals surface area (Å²) >= 11 is 0. The van der Waals surface area contributed by atoms with Crippen LogP contribution in [0.5, 0.6) is 0 Å². The fourth-order valence-electron chi connectivity index (χ4n) is 3.19. The number of nitrogens with zero attached hydrogens (tertiary/aromatic N) is 1. The zero-order valence-electron chi connectivity index (χ0n) is 12.2. The maximum Gasteiger partial charge on any atom is 0.407 e. The van der Waals surface area contributed by atoms with E-state index in [2.05, 4.69) is 0 Å². The molecule has 0 aliphatic carbocycles. The SMILES string of the molecule is CC(C)(C)C1CC(CCO)(CCO)CCN1C(=O)O. The van der Waals surface area contributed by atoms with E-state index in [0.29, 0.717) is 32.2 Å². The summed E-state index contributed by atoms with van der Waals surface area (Å²) in [7, 11) is 0. The molecule has 3 N–H and O–H groups in total. The molecule has 0 aromatic heterocycles. The second-order valence-electron chi connectivity index (χ2n) is 6.76. The van der Waals surface area contributed by atoms with Gasteiger partial charge in [-0.25, -0.2) is 4.79 Å². The second kappa shape index (κ2) is 6.09. The minimum Gasteiger partial charge on any atom is -0.465 e. The van der Waals surface area contributed by atoms with Crippen molar-refractivity contribution >= 4 is 6.09 Å². The summed E-state index contributed by atoms with van der Waals surface area (Å²) in [5.74, 6) is 0. The topological polar surface area (TPSA) is 81.0 Å². The number of carboxylic acid groups (broad SMARTS) is 1. The number of amides is 1. The Labute approximate surface area is 115 Å². The van der Waals surface area contributed by atoms with Gasteiger partial charge in [-0.3, -0.25) is 0 Å². The summed E-state index contributed by atoms with van der Waals surface area (Å²) in [6, 6.07) is -0.0724. The fraction of sp³-hybridized carbons (Fsp3) is 0.929. The second-order valence-corrected chi connectivity index (χ2v) is 6.76. The lowest BCUT2D eigenvalue weighted by Gasteiger charge is -2.50. The third-order valence-electron chi connectivity index (χ3n) is 4.42. The van der Waals surface area contributed by atoms with E-state index in [1.54, 1.807) is 0 Å². The molecule has 1 atom stereocenters. The minimum absolute atomic E-state index is 0.0724. The molecular formula is C14H27NO4. The molecule has 0 aromatic carbocycles. The third-order valence-corrected chi connectivity index (χ3v) is 4.42. The van der Waals surface area contributed by atoms with Crippen molar-refractivity contribution in [3.8, 4) is 0 Å². The van der Waals surface area contributed by atoms with E-state index >= 15 is 0 Å². The number of carbonyl (C=O) groups is 1. The lowest BCUT2D eigenvalue weighted by Crippen LogP contribution is -2.54. The molecule has 19 heavy (non-hydrogen) atoms. The predicted molar refractivity (Wildman–Crippen MR) is 73.0 cm³/mol. The van der Waals surface area contributed by atoms with Gasteiger partial charge in [0, 0.05) is 25.8 Å². The van der Waals surface area contributed by atoms with Crippen molar-refractivity contribution in [2.24, 2.45) is 10.8 Å². The van der Waals surface area contributed by atoms with Crippen LogP contribution in [0.2, 0.25) is 0 Å². The third kappa shape index (κ3) is 3.83. The summed E-state index contributed by atoms with van der Waals surface area (Å²) in [5, 5.41) is 27.9. The van der Waals surface area contributed by atoms with Crippen molar-refractivity contribution in [1.29, 1.82) is 0 Å². The maximum atomic E-state index is 11.4. The summed E-state index contributed by atoms with van der Waals surface area (Å²) in [6.07, 6.45) is 1.82. The molecule has 0 bridgehead atoms. The van der Waals surface area contributed by atoms with Gasteiger partial charge in [0.15, 0.2) is 0 Å². The van der Waals surface area contributed by atoms with Crippen LogP contribution in [0.1, 0.15) is 46.5 Å². The fourth-order valence-corrected chi connectivity index (χ4v) is 3.19. The molecule has 0 radical (unpaired) electrons. The Balaban J connectivity index is 2.96. The van der Waals surface area contributed by atoms with Crippen LogP contribution in [0, 0.1) is 10.8 Å². The summed E-state index contributed by atoms with van der Waals surface area (Å²) < 4.78 is 0. The molecule has 5 heteroatoms. The summed E-state index contributed by atoms with van der Waals surface area (Å²) in [6.45, 7) is 6.79. The van der Waals surface area contributed by atoms with Crippen LogP contribution in [0.25, 0.3) is 0 Å². The highest BCUT2D eigenvalue weighted by Crippen LogP contribution is 2.45. The van der Waals surface area contributed by atoms with Gasteiger partial charge in [-0.05, 0) is 36.5 Å². The quantitative estimate of drug-likeness (QED) is 0.731. The monoisotopic (exact) mass is 273 g/mol. The van der Waals surface area contributed by atoms with Crippen molar-refractivity contribution in [2.45, 2.75) is 52.5 Å². The molecule has 5 nitrogen and oxygen atoms in total. The van der Waals surface area contributed by atoms with Gasteiger partial charge in [-0.15, -0.1) is 0 Å².